The summed E-state index contributed by atoms with van der Waals surface area (Å²) >= 11 is 0. The Bertz CT molecular complexity index is 1330. The number of allylic oxidation sites excluding steroid dienone is 6. The fourth-order valence-electron chi connectivity index (χ4n) is 6.17. The van der Waals surface area contributed by atoms with Gasteiger partial charge in [-0.2, -0.15) is 0 Å². The molecule has 0 radical (unpaired) electrons. The lowest BCUT2D eigenvalue weighted by molar-refractivity contribution is -0.142. The molecule has 4 atom stereocenters. The van der Waals surface area contributed by atoms with Crippen molar-refractivity contribution in [2.45, 2.75) is 32.1 Å². The number of Topliss-reactive ketones (excluding diaryl/α,β-unsaturated/α-hetero) is 1. The summed E-state index contributed by atoms with van der Waals surface area (Å²) in [6.45, 7) is 1.37. The number of carbonyl (C=O) groups is 5. The van der Waals surface area contributed by atoms with E-state index in [-0.39, 0.29) is 43.1 Å². The fourth-order valence-corrected chi connectivity index (χ4v) is 6.17. The van der Waals surface area contributed by atoms with Crippen LogP contribution < -0.4 is 4.74 Å². The Balaban J connectivity index is 1.65. The van der Waals surface area contributed by atoms with Gasteiger partial charge in [0.1, 0.15) is 11.5 Å². The average Bonchev–Trinajstić information content (AvgIpc) is 3.09. The third-order valence-corrected chi connectivity index (χ3v) is 7.73. The molecule has 0 spiro atoms. The number of hydrogen-bond acceptors (Lipinski definition) is 7. The van der Waals surface area contributed by atoms with E-state index in [0.29, 0.717) is 28.0 Å². The molecule has 186 valence electrons. The lowest BCUT2D eigenvalue weighted by Crippen LogP contribution is -2.40. The van der Waals surface area contributed by atoms with Crippen molar-refractivity contribution in [3.63, 3.8) is 0 Å². The molecule has 1 aromatic carbocycles. The maximum absolute atomic E-state index is 13.4. The Kier molecular flexibility index (Phi) is 5.65. The van der Waals surface area contributed by atoms with Crippen LogP contribution in [0, 0.1) is 17.8 Å². The van der Waals surface area contributed by atoms with Gasteiger partial charge in [0.15, 0.2) is 11.6 Å². The Labute approximate surface area is 206 Å². The van der Waals surface area contributed by atoms with Gasteiger partial charge >= 0.3 is 5.97 Å². The number of methoxy groups -OCH3 is 1. The van der Waals surface area contributed by atoms with Crippen LogP contribution in [0.5, 0.6) is 11.5 Å². The highest BCUT2D eigenvalue weighted by Crippen LogP contribution is 2.56. The molecule has 1 fully saturated rings. The molecule has 5 rings (SSSR count). The molecular formula is C27H25NO8. The fraction of sp³-hybridized carbons (Fsp3) is 0.370. The van der Waals surface area contributed by atoms with Crippen LogP contribution in [0.15, 0.2) is 52.6 Å². The number of aliphatic carboxylic acids is 1. The van der Waals surface area contributed by atoms with Gasteiger partial charge in [-0.3, -0.25) is 28.9 Å². The Morgan fingerprint density at radius 3 is 2.58 bits per heavy atom. The van der Waals surface area contributed by atoms with Gasteiger partial charge in [0.05, 0.1) is 25.4 Å². The van der Waals surface area contributed by atoms with E-state index >= 15 is 0 Å². The lowest BCUT2D eigenvalue weighted by atomic mass is 9.59. The second-order valence-electron chi connectivity index (χ2n) is 9.63. The molecule has 1 aliphatic heterocycles. The molecule has 2 N–H and O–H groups in total. The monoisotopic (exact) mass is 491 g/mol. The van der Waals surface area contributed by atoms with Crippen molar-refractivity contribution in [1.82, 2.24) is 4.90 Å². The van der Waals surface area contributed by atoms with E-state index in [2.05, 4.69) is 0 Å². The molecule has 36 heavy (non-hydrogen) atoms. The van der Waals surface area contributed by atoms with Gasteiger partial charge in [0.2, 0.25) is 11.8 Å². The maximum Gasteiger partial charge on any atom is 0.305 e. The number of nitrogens with zero attached hydrogens (tertiary/aromatic N) is 1. The summed E-state index contributed by atoms with van der Waals surface area (Å²) in [7, 11) is 1.44. The number of amides is 2. The first-order valence-corrected chi connectivity index (χ1v) is 11.8. The van der Waals surface area contributed by atoms with Gasteiger partial charge in [-0.05, 0) is 37.8 Å². The largest absolute Gasteiger partial charge is 0.508 e. The van der Waals surface area contributed by atoms with Crippen LogP contribution in [0.1, 0.15) is 37.7 Å². The second-order valence-corrected chi connectivity index (χ2v) is 9.63. The molecule has 0 bridgehead atoms. The third-order valence-electron chi connectivity index (χ3n) is 7.73. The van der Waals surface area contributed by atoms with Crippen molar-refractivity contribution in [2.75, 3.05) is 13.7 Å². The molecule has 1 heterocycles. The number of phenolic OH excluding ortho intramolecular Hbond substituents is 1. The number of likely N-dealkylation sites (tertiary alicyclic amines) is 1. The minimum Gasteiger partial charge on any atom is -0.508 e. The van der Waals surface area contributed by atoms with E-state index < -0.39 is 41.5 Å². The summed E-state index contributed by atoms with van der Waals surface area (Å²) in [5.74, 6) is -4.80. The second kappa shape index (κ2) is 8.58. The van der Waals surface area contributed by atoms with Crippen LogP contribution in [-0.4, -0.2) is 58.1 Å². The normalized spacial score (nSPS) is 27.3. The average molecular weight is 491 g/mol. The summed E-state index contributed by atoms with van der Waals surface area (Å²) in [5.41, 5.74) is 2.30. The molecule has 4 unspecified atom stereocenters. The number of carbonyl (C=O) groups excluding carboxylic acids is 4. The Morgan fingerprint density at radius 1 is 1.14 bits per heavy atom. The molecule has 9 nitrogen and oxygen atoms in total. The zero-order chi connectivity index (χ0) is 25.9. The molecule has 0 aromatic heterocycles. The van der Waals surface area contributed by atoms with Gasteiger partial charge < -0.3 is 14.9 Å². The molecule has 4 aliphatic rings. The minimum absolute atomic E-state index is 0.0257. The van der Waals surface area contributed by atoms with E-state index in [9.17, 15) is 29.1 Å². The molecule has 0 saturated carbocycles. The van der Waals surface area contributed by atoms with Crippen LogP contribution in [0.2, 0.25) is 0 Å². The first-order valence-electron chi connectivity index (χ1n) is 11.8. The van der Waals surface area contributed by atoms with Crippen molar-refractivity contribution >= 4 is 29.4 Å². The number of carboxylic acid groups (broad SMARTS) is 1. The van der Waals surface area contributed by atoms with Gasteiger partial charge in [-0.1, -0.05) is 17.7 Å². The molecular weight excluding hydrogens is 466 g/mol. The van der Waals surface area contributed by atoms with Crippen molar-refractivity contribution in [3.8, 4) is 11.5 Å². The third kappa shape index (κ3) is 3.49. The Morgan fingerprint density at radius 2 is 1.89 bits per heavy atom. The highest BCUT2D eigenvalue weighted by atomic mass is 16.5. The zero-order valence-corrected chi connectivity index (χ0v) is 19.8. The number of carboxylic acids is 1. The van der Waals surface area contributed by atoms with Crippen molar-refractivity contribution in [1.29, 1.82) is 0 Å². The van der Waals surface area contributed by atoms with E-state index in [1.54, 1.807) is 13.0 Å². The first-order chi connectivity index (χ1) is 17.1. The number of fused-ring (bicyclic) bond motifs is 3. The highest BCUT2D eigenvalue weighted by Gasteiger charge is 2.56. The number of hydrogen-bond donors (Lipinski definition) is 2. The summed E-state index contributed by atoms with van der Waals surface area (Å²) in [6.07, 6.45) is 3.26. The summed E-state index contributed by atoms with van der Waals surface area (Å²) < 4.78 is 5.51. The van der Waals surface area contributed by atoms with Gasteiger partial charge in [-0.25, -0.2) is 0 Å². The number of rotatable bonds is 5. The van der Waals surface area contributed by atoms with Crippen molar-refractivity contribution < 1.29 is 38.9 Å². The summed E-state index contributed by atoms with van der Waals surface area (Å²) in [6, 6.07) is 4.55. The van der Waals surface area contributed by atoms with E-state index in [1.165, 1.54) is 25.3 Å². The molecule has 3 aliphatic carbocycles. The van der Waals surface area contributed by atoms with Crippen molar-refractivity contribution in [2.24, 2.45) is 17.8 Å². The topological polar surface area (TPSA) is 138 Å². The zero-order valence-electron chi connectivity index (χ0n) is 19.8. The number of benzene rings is 1. The molecule has 9 heteroatoms. The smallest absolute Gasteiger partial charge is 0.305 e. The van der Waals surface area contributed by atoms with Crippen LogP contribution in [0.4, 0.5) is 0 Å². The number of phenols is 1. The van der Waals surface area contributed by atoms with Crippen LogP contribution in [-0.2, 0) is 24.0 Å². The predicted molar refractivity (Wildman–Crippen MR) is 125 cm³/mol. The van der Waals surface area contributed by atoms with E-state index in [0.717, 1.165) is 10.5 Å². The predicted octanol–water partition coefficient (Wildman–Crippen LogP) is 2.31. The first kappa shape index (κ1) is 23.7. The standard InChI is InChI=1S/C27H25NO8/c1-12-9-19(30)24-18(25(12)33)11-17-14(22(24)15-4-3-13(29)10-20(15)36-2)5-6-16-23(17)27(35)28(26(16)34)8-7-21(31)32/h3-5,9-10,16-17,22-23,29H,6-8,11H2,1-2H3,(H,31,32). The number of aromatic hydroxyl groups is 1. The maximum atomic E-state index is 13.4. The van der Waals surface area contributed by atoms with Gasteiger partial charge in [-0.15, -0.1) is 0 Å². The highest BCUT2D eigenvalue weighted by molar-refractivity contribution is 6.23. The van der Waals surface area contributed by atoms with E-state index in [1.807, 2.05) is 6.08 Å². The van der Waals surface area contributed by atoms with Gasteiger partial charge in [0, 0.05) is 40.8 Å². The van der Waals surface area contributed by atoms with Gasteiger partial charge in [0.25, 0.3) is 0 Å². The van der Waals surface area contributed by atoms with Crippen molar-refractivity contribution in [3.05, 3.63) is 58.2 Å². The molecule has 2 amide bonds. The lowest BCUT2D eigenvalue weighted by Gasteiger charge is -2.42. The molecule has 1 aromatic rings. The number of ketones is 2. The molecule has 1 saturated heterocycles. The summed E-state index contributed by atoms with van der Waals surface area (Å²) in [4.78, 5) is 65.1. The quantitative estimate of drug-likeness (QED) is 0.364. The Hall–Kier alpha value is -4.01. The van der Waals surface area contributed by atoms with Crippen LogP contribution >= 0.6 is 0 Å². The SMILES string of the molecule is COc1cc(O)ccc1C1C2=CCC3C(=O)N(CCC(=O)O)C(=O)C3C2CC2=C1C(=O)C=C(C)C2=O. The number of ether oxygens (including phenoxy) is 1. The van der Waals surface area contributed by atoms with E-state index in [4.69, 9.17) is 9.84 Å². The van der Waals surface area contributed by atoms with Crippen LogP contribution in [0.3, 0.4) is 0 Å². The minimum atomic E-state index is -1.11. The number of imide groups is 1. The van der Waals surface area contributed by atoms with Crippen LogP contribution in [0.25, 0.3) is 0 Å². The summed E-state index contributed by atoms with van der Waals surface area (Å²) in [5, 5.41) is 19.1.